The lowest BCUT2D eigenvalue weighted by atomic mass is 10.3. The molecule has 0 saturated heterocycles. The van der Waals surface area contributed by atoms with E-state index in [4.69, 9.17) is 9.05 Å². The quantitative estimate of drug-likeness (QED) is 0.407. The first kappa shape index (κ1) is 14.4. The summed E-state index contributed by atoms with van der Waals surface area (Å²) in [5.41, 5.74) is 1.02. The van der Waals surface area contributed by atoms with Gasteiger partial charge < -0.3 is 9.05 Å². The summed E-state index contributed by atoms with van der Waals surface area (Å²) in [6, 6.07) is 0. The van der Waals surface area contributed by atoms with Crippen LogP contribution < -0.4 is 0 Å². The largest absolute Gasteiger partial charge is 0.334 e. The van der Waals surface area contributed by atoms with Crippen LogP contribution in [0.3, 0.4) is 0 Å². The molecule has 0 aromatic rings. The zero-order chi connectivity index (χ0) is 11.0. The summed E-state index contributed by atoms with van der Waals surface area (Å²) < 4.78 is 22.3. The van der Waals surface area contributed by atoms with E-state index in [0.717, 1.165) is 10.9 Å². The van der Waals surface area contributed by atoms with Crippen molar-refractivity contribution in [2.24, 2.45) is 0 Å². The third kappa shape index (κ3) is 5.97. The van der Waals surface area contributed by atoms with Gasteiger partial charge in [-0.25, -0.2) is 0 Å². The fraction of sp³-hybridized carbons (Fsp3) is 0.778. The van der Waals surface area contributed by atoms with Gasteiger partial charge in [-0.1, -0.05) is 27.6 Å². The smallest absolute Gasteiger partial charge is 0.309 e. The monoisotopic (exact) mass is 284 g/mol. The Hall–Kier alpha value is 0.370. The third-order valence-electron chi connectivity index (χ3n) is 1.52. The normalized spacial score (nSPS) is 13.3. The molecule has 0 radical (unpaired) electrons. The van der Waals surface area contributed by atoms with Crippen LogP contribution in [0.25, 0.3) is 0 Å². The number of allylic oxidation sites excluding steroid dienone is 2. The van der Waals surface area contributed by atoms with Crippen LogP contribution >= 0.6 is 23.5 Å². The summed E-state index contributed by atoms with van der Waals surface area (Å²) >= 11 is 3.29. The second-order valence-electron chi connectivity index (χ2n) is 2.81. The van der Waals surface area contributed by atoms with Gasteiger partial charge in [-0.2, -0.15) is 0 Å². The van der Waals surface area contributed by atoms with Crippen LogP contribution in [0.5, 0.6) is 0 Å². The Bertz CT molecular complexity index is 218. The van der Waals surface area contributed by atoms with Gasteiger partial charge in [0, 0.05) is 5.33 Å². The fourth-order valence-corrected chi connectivity index (χ4v) is 3.36. The minimum Gasteiger partial charge on any atom is -0.309 e. The lowest BCUT2D eigenvalue weighted by Gasteiger charge is -2.16. The van der Waals surface area contributed by atoms with Crippen LogP contribution in [-0.4, -0.2) is 24.7 Å². The number of alkyl halides is 1. The van der Waals surface area contributed by atoms with Gasteiger partial charge in [-0.3, -0.25) is 4.57 Å². The summed E-state index contributed by atoms with van der Waals surface area (Å²) in [6.45, 7) is 6.38. The average Bonchev–Trinajstić information content (AvgIpc) is 2.04. The predicted octanol–water partition coefficient (Wildman–Crippen LogP) is 3.59. The molecule has 0 rings (SSSR count). The van der Waals surface area contributed by atoms with Crippen molar-refractivity contribution in [3.05, 3.63) is 11.6 Å². The molecule has 0 spiro atoms. The Morgan fingerprint density at radius 1 is 1.36 bits per heavy atom. The van der Waals surface area contributed by atoms with Crippen molar-refractivity contribution < 1.29 is 13.6 Å². The Kier molecular flexibility index (Phi) is 7.84. The highest BCUT2D eigenvalue weighted by Crippen LogP contribution is 2.49. The zero-order valence-electron chi connectivity index (χ0n) is 8.96. The van der Waals surface area contributed by atoms with E-state index in [1.165, 1.54) is 0 Å². The van der Waals surface area contributed by atoms with Crippen molar-refractivity contribution in [3.8, 4) is 0 Å². The Morgan fingerprint density at radius 2 is 1.86 bits per heavy atom. The van der Waals surface area contributed by atoms with Gasteiger partial charge in [-0.15, -0.1) is 0 Å². The van der Waals surface area contributed by atoms with Crippen LogP contribution in [0.15, 0.2) is 11.6 Å². The maximum Gasteiger partial charge on any atom is 0.334 e. The van der Waals surface area contributed by atoms with Crippen LogP contribution in [0.4, 0.5) is 0 Å². The lowest BCUT2D eigenvalue weighted by Crippen LogP contribution is -2.01. The molecule has 0 amide bonds. The van der Waals surface area contributed by atoms with Crippen molar-refractivity contribution >= 4 is 23.5 Å². The first-order valence-electron chi connectivity index (χ1n) is 4.67. The Labute approximate surface area is 94.5 Å². The fourth-order valence-electron chi connectivity index (χ4n) is 1.02. The van der Waals surface area contributed by atoms with Crippen molar-refractivity contribution in [2.75, 3.05) is 24.7 Å². The number of hydrogen-bond donors (Lipinski definition) is 0. The van der Waals surface area contributed by atoms with E-state index in [-0.39, 0.29) is 0 Å². The maximum atomic E-state index is 12.0. The van der Waals surface area contributed by atoms with Crippen molar-refractivity contribution in [2.45, 2.75) is 20.8 Å². The lowest BCUT2D eigenvalue weighted by molar-refractivity contribution is 0.222. The highest BCUT2D eigenvalue weighted by atomic mass is 79.9. The molecular weight excluding hydrogens is 267 g/mol. The van der Waals surface area contributed by atoms with Gasteiger partial charge in [0.05, 0.1) is 19.4 Å². The average molecular weight is 285 g/mol. The van der Waals surface area contributed by atoms with E-state index in [2.05, 4.69) is 15.9 Å². The molecule has 0 fully saturated rings. The molecule has 0 saturated carbocycles. The SMILES string of the molecule is CCOP(=O)(C/C(C)=C/CBr)OCC. The molecule has 5 heteroatoms. The molecule has 0 aromatic heterocycles. The highest BCUT2D eigenvalue weighted by Gasteiger charge is 2.23. The molecule has 0 unspecified atom stereocenters. The molecule has 0 atom stereocenters. The molecule has 84 valence electrons. The third-order valence-corrected chi connectivity index (χ3v) is 4.03. The number of hydrogen-bond acceptors (Lipinski definition) is 3. The van der Waals surface area contributed by atoms with Gasteiger partial charge in [0.2, 0.25) is 0 Å². The Morgan fingerprint density at radius 3 is 2.21 bits per heavy atom. The van der Waals surface area contributed by atoms with Crippen molar-refractivity contribution in [3.63, 3.8) is 0 Å². The van der Waals surface area contributed by atoms with Crippen LogP contribution in [0, 0.1) is 0 Å². The molecule has 0 bridgehead atoms. The first-order valence-corrected chi connectivity index (χ1v) is 7.52. The Balaban J connectivity index is 4.35. The molecule has 0 N–H and O–H groups in total. The van der Waals surface area contributed by atoms with Gasteiger partial charge >= 0.3 is 7.60 Å². The van der Waals surface area contributed by atoms with Gasteiger partial charge in [0.1, 0.15) is 0 Å². The molecule has 0 aliphatic rings. The van der Waals surface area contributed by atoms with E-state index >= 15 is 0 Å². The van der Waals surface area contributed by atoms with Crippen LogP contribution in [-0.2, 0) is 13.6 Å². The molecule has 14 heavy (non-hydrogen) atoms. The van der Waals surface area contributed by atoms with Crippen molar-refractivity contribution in [1.29, 1.82) is 0 Å². The summed E-state index contributed by atoms with van der Waals surface area (Å²) in [4.78, 5) is 0. The summed E-state index contributed by atoms with van der Waals surface area (Å²) in [5.74, 6) is 0. The highest BCUT2D eigenvalue weighted by molar-refractivity contribution is 9.09. The summed E-state index contributed by atoms with van der Waals surface area (Å²) in [7, 11) is -2.89. The van der Waals surface area contributed by atoms with Gasteiger partial charge in [0.25, 0.3) is 0 Å². The van der Waals surface area contributed by atoms with Gasteiger partial charge in [0.15, 0.2) is 0 Å². The van der Waals surface area contributed by atoms with E-state index in [9.17, 15) is 4.57 Å². The first-order chi connectivity index (χ1) is 6.58. The number of rotatable bonds is 7. The van der Waals surface area contributed by atoms with E-state index in [1.54, 1.807) is 0 Å². The maximum absolute atomic E-state index is 12.0. The van der Waals surface area contributed by atoms with Crippen molar-refractivity contribution in [1.82, 2.24) is 0 Å². The van der Waals surface area contributed by atoms with Crippen LogP contribution in [0.1, 0.15) is 20.8 Å². The summed E-state index contributed by atoms with van der Waals surface area (Å²) in [5, 5.41) is 0.761. The molecular formula is C9H18BrO3P. The second-order valence-corrected chi connectivity index (χ2v) is 5.51. The predicted molar refractivity (Wildman–Crippen MR) is 63.3 cm³/mol. The van der Waals surface area contributed by atoms with E-state index < -0.39 is 7.60 Å². The molecule has 0 heterocycles. The molecule has 3 nitrogen and oxygen atoms in total. The second kappa shape index (κ2) is 7.63. The van der Waals surface area contributed by atoms with Gasteiger partial charge in [-0.05, 0) is 20.8 Å². The topological polar surface area (TPSA) is 35.5 Å². The minimum atomic E-state index is -2.89. The molecule has 0 aromatic carbocycles. The van der Waals surface area contributed by atoms with E-state index in [1.807, 2.05) is 26.8 Å². The minimum absolute atomic E-state index is 0.375. The molecule has 0 aliphatic carbocycles. The summed E-state index contributed by atoms with van der Waals surface area (Å²) in [6.07, 6.45) is 2.34. The standard InChI is InChI=1S/C9H18BrO3P/c1-4-12-14(11,13-5-2)8-9(3)6-7-10/h6H,4-5,7-8H2,1-3H3/b9-6+. The molecule has 0 aliphatic heterocycles. The van der Waals surface area contributed by atoms with Crippen LogP contribution in [0.2, 0.25) is 0 Å². The number of halogens is 1. The van der Waals surface area contributed by atoms with E-state index in [0.29, 0.717) is 19.4 Å². The zero-order valence-corrected chi connectivity index (χ0v) is 11.4.